The number of Topliss-reactive ketones (excluding diaryl/α,β-unsaturated/α-hetero) is 1. The molecule has 0 spiro atoms. The molecule has 3 aromatic rings. The number of nitrogens with zero attached hydrogens (tertiary/aromatic N) is 1. The number of alkyl halides is 3. The number of esters is 1. The standard InChI is InChI=1S/C27H22F3NO5/c1-4-35-26(34)20-15(3)31-25(27(28,29)30)22(23(33)16-9-6-5-7-10-16)21(20)18-12-8-11-17-19(32)13-14(2)36-24(17)18/h5-13,20-21H,4H2,1-3H3. The van der Waals surface area contributed by atoms with E-state index < -0.39 is 46.5 Å². The van der Waals surface area contributed by atoms with E-state index in [0.29, 0.717) is 0 Å². The minimum absolute atomic E-state index is 0.00335. The van der Waals surface area contributed by atoms with Crippen molar-refractivity contribution in [2.45, 2.75) is 32.9 Å². The maximum absolute atomic E-state index is 14.3. The van der Waals surface area contributed by atoms with Crippen LogP contribution >= 0.6 is 0 Å². The molecule has 2 atom stereocenters. The fraction of sp³-hybridized carbons (Fsp3) is 0.259. The molecule has 1 aliphatic heterocycles. The van der Waals surface area contributed by atoms with Gasteiger partial charge in [-0.3, -0.25) is 19.4 Å². The fourth-order valence-electron chi connectivity index (χ4n) is 4.51. The molecule has 1 aliphatic rings. The smallest absolute Gasteiger partial charge is 0.433 e. The van der Waals surface area contributed by atoms with Gasteiger partial charge in [0.1, 0.15) is 17.3 Å². The summed E-state index contributed by atoms with van der Waals surface area (Å²) in [7, 11) is 0. The topological polar surface area (TPSA) is 85.9 Å². The van der Waals surface area contributed by atoms with Crippen molar-refractivity contribution >= 4 is 28.4 Å². The molecule has 0 aliphatic carbocycles. The first-order valence-electron chi connectivity index (χ1n) is 11.2. The summed E-state index contributed by atoms with van der Waals surface area (Å²) < 4.78 is 54.0. The van der Waals surface area contributed by atoms with Gasteiger partial charge in [-0.25, -0.2) is 0 Å². The summed E-state index contributed by atoms with van der Waals surface area (Å²) in [5.41, 5.74) is -2.60. The lowest BCUT2D eigenvalue weighted by molar-refractivity contribution is -0.146. The van der Waals surface area contributed by atoms with E-state index in [1.165, 1.54) is 62.4 Å². The molecular weight excluding hydrogens is 475 g/mol. The predicted octanol–water partition coefficient (Wildman–Crippen LogP) is 5.54. The molecule has 2 aromatic carbocycles. The SMILES string of the molecule is CCOC(=O)C1C(C)=NC(C(F)(F)F)=C(C(=O)c2ccccc2)C1c1cccc2c(=O)cc(C)oc12. The van der Waals surface area contributed by atoms with Gasteiger partial charge >= 0.3 is 12.1 Å². The Morgan fingerprint density at radius 3 is 2.39 bits per heavy atom. The Morgan fingerprint density at radius 1 is 1.06 bits per heavy atom. The van der Waals surface area contributed by atoms with Gasteiger partial charge in [-0.2, -0.15) is 13.2 Å². The van der Waals surface area contributed by atoms with E-state index >= 15 is 0 Å². The first-order valence-corrected chi connectivity index (χ1v) is 11.2. The third-order valence-corrected chi connectivity index (χ3v) is 5.97. The second-order valence-electron chi connectivity index (χ2n) is 8.36. The van der Waals surface area contributed by atoms with Crippen molar-refractivity contribution in [3.63, 3.8) is 0 Å². The summed E-state index contributed by atoms with van der Waals surface area (Å²) in [6, 6.07) is 13.1. The number of carbonyl (C=O) groups is 2. The van der Waals surface area contributed by atoms with Crippen molar-refractivity contribution in [2.75, 3.05) is 6.61 Å². The normalized spacial score (nSPS) is 18.2. The van der Waals surface area contributed by atoms with E-state index in [2.05, 4.69) is 4.99 Å². The quantitative estimate of drug-likeness (QED) is 0.341. The molecule has 0 bridgehead atoms. The molecule has 36 heavy (non-hydrogen) atoms. The number of aliphatic imine (C=N–C) groups is 1. The minimum atomic E-state index is -5.00. The van der Waals surface area contributed by atoms with Gasteiger partial charge < -0.3 is 9.15 Å². The molecule has 0 saturated heterocycles. The van der Waals surface area contributed by atoms with Gasteiger partial charge in [0.15, 0.2) is 16.9 Å². The predicted molar refractivity (Wildman–Crippen MR) is 127 cm³/mol. The van der Waals surface area contributed by atoms with E-state index in [4.69, 9.17) is 9.15 Å². The number of para-hydroxylation sites is 1. The second kappa shape index (κ2) is 9.56. The first kappa shape index (κ1) is 25.1. The zero-order valence-corrected chi connectivity index (χ0v) is 19.7. The highest BCUT2D eigenvalue weighted by molar-refractivity contribution is 6.14. The van der Waals surface area contributed by atoms with Crippen molar-refractivity contribution in [3.8, 4) is 0 Å². The van der Waals surface area contributed by atoms with Crippen LogP contribution in [0.1, 0.15) is 41.4 Å². The van der Waals surface area contributed by atoms with Crippen LogP contribution in [0.3, 0.4) is 0 Å². The summed E-state index contributed by atoms with van der Waals surface area (Å²) in [5, 5.41) is 0.112. The van der Waals surface area contributed by atoms with Crippen LogP contribution in [0.2, 0.25) is 0 Å². The molecule has 186 valence electrons. The number of ether oxygens (including phenoxy) is 1. The molecule has 0 radical (unpaired) electrons. The van der Waals surface area contributed by atoms with Crippen molar-refractivity contribution in [3.05, 3.63) is 93.0 Å². The number of benzene rings is 2. The van der Waals surface area contributed by atoms with E-state index in [9.17, 15) is 27.6 Å². The Labute approximate surface area is 204 Å². The molecular formula is C27H22F3NO5. The van der Waals surface area contributed by atoms with Crippen LogP contribution in [-0.2, 0) is 9.53 Å². The number of allylic oxidation sites excluding steroid dienone is 2. The average molecular weight is 497 g/mol. The van der Waals surface area contributed by atoms with Crippen LogP contribution in [0.4, 0.5) is 13.2 Å². The first-order chi connectivity index (χ1) is 17.0. The van der Waals surface area contributed by atoms with E-state index in [0.717, 1.165) is 0 Å². The van der Waals surface area contributed by atoms with Crippen molar-refractivity contribution in [2.24, 2.45) is 10.9 Å². The van der Waals surface area contributed by atoms with Crippen molar-refractivity contribution < 1.29 is 31.9 Å². The largest absolute Gasteiger partial charge is 0.465 e. The van der Waals surface area contributed by atoms with Crippen LogP contribution in [0.15, 0.2) is 80.1 Å². The third kappa shape index (κ3) is 4.48. The number of halogens is 3. The lowest BCUT2D eigenvalue weighted by Crippen LogP contribution is -2.38. The Kier molecular flexibility index (Phi) is 6.67. The highest BCUT2D eigenvalue weighted by atomic mass is 19.4. The van der Waals surface area contributed by atoms with Gasteiger partial charge in [0.05, 0.1) is 12.0 Å². The van der Waals surface area contributed by atoms with Crippen LogP contribution < -0.4 is 5.43 Å². The molecule has 0 saturated carbocycles. The average Bonchev–Trinajstić information content (AvgIpc) is 2.82. The summed E-state index contributed by atoms with van der Waals surface area (Å²) >= 11 is 0. The lowest BCUT2D eigenvalue weighted by atomic mass is 9.73. The van der Waals surface area contributed by atoms with Crippen molar-refractivity contribution in [1.29, 1.82) is 0 Å². The molecule has 9 heteroatoms. The number of aryl methyl sites for hydroxylation is 1. The summed E-state index contributed by atoms with van der Waals surface area (Å²) in [4.78, 5) is 43.1. The van der Waals surface area contributed by atoms with Crippen LogP contribution in [0, 0.1) is 12.8 Å². The number of hydrogen-bond donors (Lipinski definition) is 0. The van der Waals surface area contributed by atoms with Gasteiger partial charge in [0.25, 0.3) is 0 Å². The molecule has 0 N–H and O–H groups in total. The summed E-state index contributed by atoms with van der Waals surface area (Å²) in [5.74, 6) is -4.37. The van der Waals surface area contributed by atoms with Gasteiger partial charge in [-0.1, -0.05) is 42.5 Å². The number of carbonyl (C=O) groups excluding carboxylic acids is 2. The molecule has 2 heterocycles. The lowest BCUT2D eigenvalue weighted by Gasteiger charge is -2.33. The maximum atomic E-state index is 14.3. The zero-order valence-electron chi connectivity index (χ0n) is 19.7. The summed E-state index contributed by atoms with van der Waals surface area (Å²) in [6.07, 6.45) is -5.00. The van der Waals surface area contributed by atoms with Crippen molar-refractivity contribution in [1.82, 2.24) is 0 Å². The molecule has 6 nitrogen and oxygen atoms in total. The second-order valence-corrected chi connectivity index (χ2v) is 8.36. The number of ketones is 1. The molecule has 0 amide bonds. The third-order valence-electron chi connectivity index (χ3n) is 5.97. The zero-order chi connectivity index (χ0) is 26.2. The Bertz CT molecular complexity index is 1470. The van der Waals surface area contributed by atoms with Gasteiger partial charge in [-0.05, 0) is 26.8 Å². The van der Waals surface area contributed by atoms with Crippen LogP contribution in [0.25, 0.3) is 11.0 Å². The van der Waals surface area contributed by atoms with Gasteiger partial charge in [0.2, 0.25) is 0 Å². The number of fused-ring (bicyclic) bond motifs is 1. The highest BCUT2D eigenvalue weighted by Gasteiger charge is 2.49. The molecule has 0 fully saturated rings. The van der Waals surface area contributed by atoms with E-state index in [-0.39, 0.29) is 40.2 Å². The Balaban J connectivity index is 2.12. The maximum Gasteiger partial charge on any atom is 0.433 e. The summed E-state index contributed by atoms with van der Waals surface area (Å²) in [6.45, 7) is 4.35. The van der Waals surface area contributed by atoms with Crippen LogP contribution in [-0.4, -0.2) is 30.2 Å². The highest BCUT2D eigenvalue weighted by Crippen LogP contribution is 2.46. The molecule has 2 unspecified atom stereocenters. The Morgan fingerprint density at radius 2 is 1.75 bits per heavy atom. The van der Waals surface area contributed by atoms with E-state index in [1.54, 1.807) is 13.0 Å². The van der Waals surface area contributed by atoms with Gasteiger partial charge in [0, 0.05) is 34.4 Å². The fourth-order valence-corrected chi connectivity index (χ4v) is 4.51. The molecule has 1 aromatic heterocycles. The van der Waals surface area contributed by atoms with E-state index in [1.807, 2.05) is 0 Å². The van der Waals surface area contributed by atoms with Crippen LogP contribution in [0.5, 0.6) is 0 Å². The molecule has 4 rings (SSSR count). The number of rotatable bonds is 5. The number of hydrogen-bond acceptors (Lipinski definition) is 6. The Hall–Kier alpha value is -4.01. The minimum Gasteiger partial charge on any atom is -0.465 e. The van der Waals surface area contributed by atoms with Gasteiger partial charge in [-0.15, -0.1) is 0 Å². The monoisotopic (exact) mass is 497 g/mol.